The number of amides is 2. The summed E-state index contributed by atoms with van der Waals surface area (Å²) in [5.74, 6) is 1.81. The van der Waals surface area contributed by atoms with Crippen molar-refractivity contribution in [3.63, 3.8) is 0 Å². The fraction of sp³-hybridized carbons (Fsp3) is 0.611. The van der Waals surface area contributed by atoms with Crippen LogP contribution in [-0.2, 0) is 10.0 Å². The van der Waals surface area contributed by atoms with E-state index in [1.54, 1.807) is 6.92 Å². The van der Waals surface area contributed by atoms with Crippen LogP contribution in [0.4, 0.5) is 10.5 Å². The third kappa shape index (κ3) is 3.40. The van der Waals surface area contributed by atoms with E-state index in [0.29, 0.717) is 23.3 Å². The van der Waals surface area contributed by atoms with Crippen molar-refractivity contribution in [2.45, 2.75) is 55.9 Å². The molecule has 4 bridgehead atoms. The topological polar surface area (TPSA) is 118 Å². The molecule has 27 heavy (non-hydrogen) atoms. The zero-order valence-electron chi connectivity index (χ0n) is 15.1. The van der Waals surface area contributed by atoms with Gasteiger partial charge >= 0.3 is 6.03 Å². The Labute approximate surface area is 157 Å². The second-order valence-electron chi connectivity index (χ2n) is 8.49. The molecular formula is C18H23N3O5S. The van der Waals surface area contributed by atoms with E-state index in [1.165, 1.54) is 31.4 Å². The van der Waals surface area contributed by atoms with Crippen LogP contribution in [0.25, 0.3) is 0 Å². The molecular weight excluding hydrogens is 370 g/mol. The number of benzene rings is 1. The normalized spacial score (nSPS) is 31.5. The van der Waals surface area contributed by atoms with Crippen LogP contribution in [0, 0.1) is 34.8 Å². The molecule has 8 nitrogen and oxygen atoms in total. The maximum atomic E-state index is 12.6. The number of carbonyl (C=O) groups excluding carboxylic acids is 1. The minimum atomic E-state index is -4.34. The second-order valence-corrected chi connectivity index (χ2v) is 10.1. The van der Waals surface area contributed by atoms with Gasteiger partial charge in [0.15, 0.2) is 4.90 Å². The van der Waals surface area contributed by atoms with Crippen LogP contribution in [0.1, 0.15) is 44.1 Å². The highest BCUT2D eigenvalue weighted by Gasteiger charge is 2.51. The number of nitro groups is 1. The van der Waals surface area contributed by atoms with E-state index in [1.807, 2.05) is 4.72 Å². The Kier molecular flexibility index (Phi) is 4.17. The summed E-state index contributed by atoms with van der Waals surface area (Å²) in [5.41, 5.74) is -0.308. The van der Waals surface area contributed by atoms with Crippen molar-refractivity contribution in [3.05, 3.63) is 33.9 Å². The van der Waals surface area contributed by atoms with E-state index in [2.05, 4.69) is 5.32 Å². The lowest BCUT2D eigenvalue weighted by atomic mass is 9.53. The van der Waals surface area contributed by atoms with Crippen molar-refractivity contribution in [1.29, 1.82) is 0 Å². The Bertz CT molecular complexity index is 876. The number of rotatable bonds is 4. The molecule has 0 saturated heterocycles. The molecule has 0 unspecified atom stereocenters. The van der Waals surface area contributed by atoms with Gasteiger partial charge in [0, 0.05) is 11.6 Å². The van der Waals surface area contributed by atoms with Crippen molar-refractivity contribution >= 4 is 21.7 Å². The Balaban J connectivity index is 1.52. The molecule has 9 heteroatoms. The van der Waals surface area contributed by atoms with Crippen molar-refractivity contribution in [2.75, 3.05) is 0 Å². The van der Waals surface area contributed by atoms with Gasteiger partial charge in [0.05, 0.1) is 4.92 Å². The van der Waals surface area contributed by atoms with Crippen LogP contribution in [0.2, 0.25) is 0 Å². The number of nitro benzene ring substituents is 1. The summed E-state index contributed by atoms with van der Waals surface area (Å²) in [6.45, 7) is 1.64. The van der Waals surface area contributed by atoms with Gasteiger partial charge in [-0.1, -0.05) is 6.07 Å². The smallest absolute Gasteiger partial charge is 0.329 e. The Hall–Kier alpha value is -2.16. The van der Waals surface area contributed by atoms with Gasteiger partial charge in [-0.25, -0.2) is 17.9 Å². The van der Waals surface area contributed by atoms with Crippen LogP contribution < -0.4 is 10.0 Å². The van der Waals surface area contributed by atoms with Crippen LogP contribution in [0.3, 0.4) is 0 Å². The van der Waals surface area contributed by atoms with E-state index in [4.69, 9.17) is 0 Å². The molecule has 4 aliphatic rings. The van der Waals surface area contributed by atoms with Crippen molar-refractivity contribution in [2.24, 2.45) is 17.8 Å². The van der Waals surface area contributed by atoms with Gasteiger partial charge in [0.1, 0.15) is 0 Å². The van der Waals surface area contributed by atoms with Gasteiger partial charge in [-0.05, 0) is 74.8 Å². The molecule has 2 amide bonds. The highest BCUT2D eigenvalue weighted by molar-refractivity contribution is 7.90. The monoisotopic (exact) mass is 393 g/mol. The molecule has 4 fully saturated rings. The number of nitrogens with one attached hydrogen (secondary N) is 2. The number of sulfonamides is 1. The summed E-state index contributed by atoms with van der Waals surface area (Å²) in [4.78, 5) is 22.5. The third-order valence-electron chi connectivity index (χ3n) is 6.24. The van der Waals surface area contributed by atoms with Gasteiger partial charge in [-0.3, -0.25) is 10.1 Å². The molecule has 4 aliphatic carbocycles. The van der Waals surface area contributed by atoms with Gasteiger partial charge in [0.25, 0.3) is 15.7 Å². The van der Waals surface area contributed by atoms with E-state index < -0.39 is 31.6 Å². The van der Waals surface area contributed by atoms with Gasteiger partial charge in [-0.2, -0.15) is 0 Å². The highest BCUT2D eigenvalue weighted by Crippen LogP contribution is 2.55. The molecule has 0 heterocycles. The van der Waals surface area contributed by atoms with E-state index in [0.717, 1.165) is 25.3 Å². The number of urea groups is 1. The standard InChI is InChI=1S/C18H23N3O5S/c1-11-2-3-16(15(4-11)21(23)24)27(25,26)20-17(22)19-18-8-12-5-13(9-18)7-14(6-12)10-18/h2-4,12-14H,5-10H2,1H3,(H2,19,20,22). The van der Waals surface area contributed by atoms with Crippen LogP contribution in [-0.4, -0.2) is 24.9 Å². The lowest BCUT2D eigenvalue weighted by Gasteiger charge is -2.56. The Morgan fingerprint density at radius 2 is 1.70 bits per heavy atom. The summed E-state index contributed by atoms with van der Waals surface area (Å²) < 4.78 is 27.2. The average molecular weight is 393 g/mol. The molecule has 5 rings (SSSR count). The quantitative estimate of drug-likeness (QED) is 0.602. The summed E-state index contributed by atoms with van der Waals surface area (Å²) >= 11 is 0. The molecule has 4 saturated carbocycles. The lowest BCUT2D eigenvalue weighted by molar-refractivity contribution is -0.387. The molecule has 0 atom stereocenters. The third-order valence-corrected chi connectivity index (χ3v) is 7.62. The Morgan fingerprint density at radius 3 is 2.22 bits per heavy atom. The average Bonchev–Trinajstić information content (AvgIpc) is 2.51. The number of nitrogens with zero attached hydrogens (tertiary/aromatic N) is 1. The van der Waals surface area contributed by atoms with Crippen molar-refractivity contribution in [1.82, 2.24) is 10.0 Å². The Morgan fingerprint density at radius 1 is 1.15 bits per heavy atom. The molecule has 0 spiro atoms. The van der Waals surface area contributed by atoms with Gasteiger partial charge < -0.3 is 5.32 Å². The largest absolute Gasteiger partial charge is 0.332 e. The molecule has 2 N–H and O–H groups in total. The summed E-state index contributed by atoms with van der Waals surface area (Å²) in [6, 6.07) is 3.02. The van der Waals surface area contributed by atoms with Gasteiger partial charge in [-0.15, -0.1) is 0 Å². The second kappa shape index (κ2) is 6.19. The molecule has 0 aliphatic heterocycles. The molecule has 1 aromatic rings. The van der Waals surface area contributed by atoms with Crippen molar-refractivity contribution < 1.29 is 18.1 Å². The van der Waals surface area contributed by atoms with Crippen molar-refractivity contribution in [3.8, 4) is 0 Å². The highest BCUT2D eigenvalue weighted by atomic mass is 32.2. The molecule has 0 aromatic heterocycles. The van der Waals surface area contributed by atoms with E-state index >= 15 is 0 Å². The molecule has 146 valence electrons. The first-order valence-electron chi connectivity index (χ1n) is 9.26. The first-order valence-corrected chi connectivity index (χ1v) is 10.7. The zero-order chi connectivity index (χ0) is 19.4. The predicted octanol–water partition coefficient (Wildman–Crippen LogP) is 2.86. The maximum Gasteiger partial charge on any atom is 0.329 e. The fourth-order valence-corrected chi connectivity index (χ4v) is 6.77. The summed E-state index contributed by atoms with van der Waals surface area (Å²) in [7, 11) is -4.34. The van der Waals surface area contributed by atoms with Gasteiger partial charge in [0.2, 0.25) is 0 Å². The summed E-state index contributed by atoms with van der Waals surface area (Å²) in [5, 5.41) is 14.1. The zero-order valence-corrected chi connectivity index (χ0v) is 15.9. The van der Waals surface area contributed by atoms with Crippen LogP contribution >= 0.6 is 0 Å². The number of hydrogen-bond acceptors (Lipinski definition) is 5. The first-order chi connectivity index (χ1) is 12.7. The van der Waals surface area contributed by atoms with E-state index in [9.17, 15) is 23.3 Å². The summed E-state index contributed by atoms with van der Waals surface area (Å²) in [6.07, 6.45) is 6.27. The molecule has 0 radical (unpaired) electrons. The number of aryl methyl sites for hydroxylation is 1. The fourth-order valence-electron chi connectivity index (χ4n) is 5.70. The predicted molar refractivity (Wildman–Crippen MR) is 97.6 cm³/mol. The lowest BCUT2D eigenvalue weighted by Crippen LogP contribution is -2.61. The number of hydrogen-bond donors (Lipinski definition) is 2. The van der Waals surface area contributed by atoms with E-state index in [-0.39, 0.29) is 5.54 Å². The van der Waals surface area contributed by atoms with Crippen LogP contribution in [0.5, 0.6) is 0 Å². The minimum absolute atomic E-state index is 0.340. The number of carbonyl (C=O) groups is 1. The minimum Gasteiger partial charge on any atom is -0.332 e. The maximum absolute atomic E-state index is 12.6. The molecule has 1 aromatic carbocycles. The first kappa shape index (κ1) is 18.2. The SMILES string of the molecule is Cc1ccc(S(=O)(=O)NC(=O)NC23CC4CC(CC(C4)C2)C3)c([N+](=O)[O-])c1. The van der Waals surface area contributed by atoms with Crippen LogP contribution in [0.15, 0.2) is 23.1 Å².